The molecule has 170 valence electrons. The number of amides is 2. The summed E-state index contributed by atoms with van der Waals surface area (Å²) in [5.74, 6) is -0.922. The van der Waals surface area contributed by atoms with E-state index in [2.05, 4.69) is 5.32 Å². The van der Waals surface area contributed by atoms with E-state index in [1.54, 1.807) is 66.7 Å². The van der Waals surface area contributed by atoms with Crippen molar-refractivity contribution in [2.45, 2.75) is 11.7 Å². The maximum atomic E-state index is 13.5. The van der Waals surface area contributed by atoms with E-state index in [0.717, 1.165) is 11.8 Å². The Morgan fingerprint density at radius 1 is 1.00 bits per heavy atom. The van der Waals surface area contributed by atoms with Gasteiger partial charge in [-0.15, -0.1) is 0 Å². The predicted molar refractivity (Wildman–Crippen MR) is 138 cm³/mol. The van der Waals surface area contributed by atoms with E-state index in [1.165, 1.54) is 4.90 Å². The summed E-state index contributed by atoms with van der Waals surface area (Å²) in [4.78, 5) is 28.0. The third-order valence-electron chi connectivity index (χ3n) is 5.06. The molecule has 0 spiro atoms. The molecule has 0 radical (unpaired) electrons. The van der Waals surface area contributed by atoms with Gasteiger partial charge in [-0.25, -0.2) is 0 Å². The molecule has 2 amide bonds. The number of para-hydroxylation sites is 2. The Morgan fingerprint density at radius 3 is 2.41 bits per heavy atom. The van der Waals surface area contributed by atoms with Crippen LogP contribution in [0.15, 0.2) is 83.4 Å². The molecule has 1 N–H and O–H groups in total. The van der Waals surface area contributed by atoms with Gasteiger partial charge in [0.25, 0.3) is 5.91 Å². The summed E-state index contributed by atoms with van der Waals surface area (Å²) in [7, 11) is 0. The Balaban J connectivity index is 1.74. The number of benzene rings is 3. The smallest absolute Gasteiger partial charge is 0.269 e. The fraction of sp³-hybridized carbons (Fsp3) is 0.0800. The molecule has 1 unspecified atom stereocenters. The number of hydrogen-bond donors (Lipinski definition) is 1. The topological polar surface area (TPSA) is 73.2 Å². The maximum Gasteiger partial charge on any atom is 0.269 e. The van der Waals surface area contributed by atoms with E-state index >= 15 is 0 Å². The first kappa shape index (κ1) is 24.2. The van der Waals surface area contributed by atoms with E-state index in [0.29, 0.717) is 32.0 Å². The number of nitriles is 1. The highest BCUT2D eigenvalue weighted by atomic mass is 35.5. The lowest BCUT2D eigenvalue weighted by Crippen LogP contribution is -2.31. The Hall–Kier alpha value is -2.95. The Bertz CT molecular complexity index is 1340. The lowest BCUT2D eigenvalue weighted by molar-refractivity contribution is -0.117. The summed E-state index contributed by atoms with van der Waals surface area (Å²) in [5, 5.41) is 13.5. The van der Waals surface area contributed by atoms with Gasteiger partial charge in [0.2, 0.25) is 5.91 Å². The van der Waals surface area contributed by atoms with Gasteiger partial charge in [0.1, 0.15) is 16.7 Å². The van der Waals surface area contributed by atoms with Gasteiger partial charge in [0, 0.05) is 15.7 Å². The molecule has 1 fully saturated rings. The van der Waals surface area contributed by atoms with Crippen LogP contribution in [0.1, 0.15) is 5.56 Å². The fourth-order valence-electron chi connectivity index (χ4n) is 3.45. The van der Waals surface area contributed by atoms with Gasteiger partial charge in [0.05, 0.1) is 16.0 Å². The van der Waals surface area contributed by atoms with Crippen LogP contribution in [0.25, 0.3) is 0 Å². The molecule has 0 aliphatic carbocycles. The van der Waals surface area contributed by atoms with Crippen LogP contribution in [-0.4, -0.2) is 17.1 Å². The quantitative estimate of drug-likeness (QED) is 0.295. The summed E-state index contributed by atoms with van der Waals surface area (Å²) >= 11 is 19.7. The fourth-order valence-corrected chi connectivity index (χ4v) is 5.31. The van der Waals surface area contributed by atoms with Crippen molar-refractivity contribution in [1.82, 2.24) is 0 Å². The molecule has 34 heavy (non-hydrogen) atoms. The second-order valence-corrected chi connectivity index (χ2v) is 9.72. The molecule has 3 aromatic rings. The van der Waals surface area contributed by atoms with Gasteiger partial charge in [-0.3, -0.25) is 14.5 Å². The number of thioether (sulfide) groups is 1. The number of anilines is 2. The molecule has 0 bridgehead atoms. The van der Waals surface area contributed by atoms with E-state index in [9.17, 15) is 14.9 Å². The number of nitrogens with zero attached hydrogens (tertiary/aromatic N) is 2. The third kappa shape index (κ3) is 5.08. The monoisotopic (exact) mass is 527 g/mol. The van der Waals surface area contributed by atoms with Crippen LogP contribution in [0.3, 0.4) is 0 Å². The lowest BCUT2D eigenvalue weighted by Gasteiger charge is -2.18. The van der Waals surface area contributed by atoms with Gasteiger partial charge < -0.3 is 5.32 Å². The largest absolute Gasteiger partial charge is 0.320 e. The Kier molecular flexibility index (Phi) is 7.50. The van der Waals surface area contributed by atoms with Crippen molar-refractivity contribution >= 4 is 69.8 Å². The summed E-state index contributed by atoms with van der Waals surface area (Å²) in [5.41, 5.74) is 1.42. The predicted octanol–water partition coefficient (Wildman–Crippen LogP) is 6.71. The molecule has 1 atom stereocenters. The molecule has 9 heteroatoms. The highest BCUT2D eigenvalue weighted by Gasteiger charge is 2.41. The first-order valence-electron chi connectivity index (χ1n) is 10.1. The zero-order valence-electron chi connectivity index (χ0n) is 17.5. The number of halogens is 3. The van der Waals surface area contributed by atoms with Crippen LogP contribution in [0, 0.1) is 11.3 Å². The number of nitrogens with one attached hydrogen (secondary N) is 1. The first-order valence-corrected chi connectivity index (χ1v) is 12.1. The van der Waals surface area contributed by atoms with E-state index < -0.39 is 11.2 Å². The summed E-state index contributed by atoms with van der Waals surface area (Å²) in [6, 6.07) is 22.6. The highest BCUT2D eigenvalue weighted by Crippen LogP contribution is 2.42. The van der Waals surface area contributed by atoms with Crippen LogP contribution in [0.2, 0.25) is 15.1 Å². The first-order chi connectivity index (χ1) is 16.4. The van der Waals surface area contributed by atoms with Crippen molar-refractivity contribution in [3.63, 3.8) is 0 Å². The van der Waals surface area contributed by atoms with Gasteiger partial charge in [-0.05, 0) is 54.4 Å². The van der Waals surface area contributed by atoms with Gasteiger partial charge >= 0.3 is 0 Å². The maximum absolute atomic E-state index is 13.5. The van der Waals surface area contributed by atoms with Crippen molar-refractivity contribution in [3.8, 4) is 6.07 Å². The summed E-state index contributed by atoms with van der Waals surface area (Å²) in [6.45, 7) is 0. The molecule has 0 saturated carbocycles. The number of hydrogen-bond acceptors (Lipinski definition) is 4. The minimum atomic E-state index is -0.659. The van der Waals surface area contributed by atoms with E-state index in [-0.39, 0.29) is 22.9 Å². The van der Waals surface area contributed by atoms with Crippen molar-refractivity contribution in [3.05, 3.63) is 104 Å². The molecule has 5 nitrogen and oxygen atoms in total. The second kappa shape index (κ2) is 10.5. The van der Waals surface area contributed by atoms with Crippen molar-refractivity contribution < 1.29 is 9.59 Å². The Labute approximate surface area is 215 Å². The second-order valence-electron chi connectivity index (χ2n) is 7.28. The van der Waals surface area contributed by atoms with Crippen LogP contribution >= 0.6 is 46.6 Å². The Morgan fingerprint density at radius 2 is 1.71 bits per heavy atom. The average molecular weight is 529 g/mol. The van der Waals surface area contributed by atoms with Gasteiger partial charge in [-0.1, -0.05) is 76.9 Å². The van der Waals surface area contributed by atoms with Crippen molar-refractivity contribution in [2.75, 3.05) is 10.2 Å². The molecule has 1 heterocycles. The summed E-state index contributed by atoms with van der Waals surface area (Å²) < 4.78 is 0. The van der Waals surface area contributed by atoms with Crippen LogP contribution < -0.4 is 10.2 Å². The molecule has 1 aliphatic heterocycles. The zero-order chi connectivity index (χ0) is 24.2. The van der Waals surface area contributed by atoms with Crippen LogP contribution in [0.5, 0.6) is 0 Å². The lowest BCUT2D eigenvalue weighted by atomic mass is 10.1. The highest BCUT2D eigenvalue weighted by molar-refractivity contribution is 8.05. The normalized spacial score (nSPS) is 16.8. The molecular formula is C25H16Cl3N3O2S. The SMILES string of the molecule is N#CC(C(=O)Nc1ccccc1Cl)=C1SC(Cc2cc(Cl)ccc2Cl)C(=O)N1c1ccccc1. The molecule has 0 aromatic heterocycles. The summed E-state index contributed by atoms with van der Waals surface area (Å²) in [6.07, 6.45) is 0.278. The number of rotatable bonds is 5. The van der Waals surface area contributed by atoms with Gasteiger partial charge in [-0.2, -0.15) is 5.26 Å². The van der Waals surface area contributed by atoms with Crippen molar-refractivity contribution in [1.29, 1.82) is 5.26 Å². The van der Waals surface area contributed by atoms with Crippen LogP contribution in [0.4, 0.5) is 11.4 Å². The van der Waals surface area contributed by atoms with Crippen LogP contribution in [-0.2, 0) is 16.0 Å². The van der Waals surface area contributed by atoms with E-state index in [4.69, 9.17) is 34.8 Å². The third-order valence-corrected chi connectivity index (χ3v) is 7.25. The molecule has 1 saturated heterocycles. The molecule has 4 rings (SSSR count). The minimum Gasteiger partial charge on any atom is -0.320 e. The molecule has 3 aromatic carbocycles. The molecular weight excluding hydrogens is 513 g/mol. The minimum absolute atomic E-state index is 0.193. The van der Waals surface area contributed by atoms with Crippen molar-refractivity contribution in [2.24, 2.45) is 0 Å². The molecule has 1 aliphatic rings. The average Bonchev–Trinajstić information content (AvgIpc) is 3.14. The standard InChI is InChI=1S/C25H16Cl3N3O2S/c26-16-10-11-19(27)15(12-16)13-22-24(33)31(17-6-2-1-3-7-17)25(34-22)18(14-29)23(32)30-21-9-5-4-8-20(21)28/h1-12,22H,13H2,(H,30,32). The zero-order valence-corrected chi connectivity index (χ0v) is 20.6. The number of carbonyl (C=O) groups is 2. The van der Waals surface area contributed by atoms with E-state index in [1.807, 2.05) is 12.1 Å². The number of carbonyl (C=O) groups excluding carboxylic acids is 2. The van der Waals surface area contributed by atoms with Gasteiger partial charge in [0.15, 0.2) is 0 Å².